The molecular formula is C25H26N8O5. The van der Waals surface area contributed by atoms with Crippen LogP contribution >= 0.6 is 0 Å². The number of nitrogens with zero attached hydrogens (tertiary/aromatic N) is 6. The Kier molecular flexibility index (Phi) is 9.06. The average Bonchev–Trinajstić information content (AvgIpc) is 2.96. The zero-order chi connectivity index (χ0) is 26.7. The molecule has 13 nitrogen and oxygen atoms in total. The van der Waals surface area contributed by atoms with Crippen LogP contribution in [0.1, 0.15) is 15.9 Å². The molecule has 0 saturated carbocycles. The predicted octanol–water partition coefficient (Wildman–Crippen LogP) is 2.33. The van der Waals surface area contributed by atoms with Gasteiger partial charge in [0.2, 0.25) is 5.95 Å². The number of nitrogens with one attached hydrogen (secondary N) is 2. The highest BCUT2D eigenvalue weighted by Crippen LogP contribution is 2.24. The van der Waals surface area contributed by atoms with Gasteiger partial charge in [-0.15, -0.1) is 0 Å². The fraction of sp³-hybridized carbons (Fsp3) is 0.320. The van der Waals surface area contributed by atoms with Gasteiger partial charge in [-0.3, -0.25) is 15.0 Å². The van der Waals surface area contributed by atoms with E-state index in [-0.39, 0.29) is 17.9 Å². The lowest BCUT2D eigenvalue weighted by atomic mass is 10.1. The van der Waals surface area contributed by atoms with E-state index >= 15 is 0 Å². The van der Waals surface area contributed by atoms with Gasteiger partial charge in [-0.1, -0.05) is 12.1 Å². The Morgan fingerprint density at radius 1 is 1.11 bits per heavy atom. The number of pyridine rings is 1. The van der Waals surface area contributed by atoms with Gasteiger partial charge in [-0.25, -0.2) is 19.7 Å². The van der Waals surface area contributed by atoms with Crippen molar-refractivity contribution in [2.75, 3.05) is 63.2 Å². The highest BCUT2D eigenvalue weighted by atomic mass is 16.6. The summed E-state index contributed by atoms with van der Waals surface area (Å²) in [5.41, 5.74) is 1.64. The Hall–Kier alpha value is -4.67. The maximum absolute atomic E-state index is 12.9. The maximum Gasteiger partial charge on any atom is 0.341 e. The summed E-state index contributed by atoms with van der Waals surface area (Å²) >= 11 is 0. The Balaban J connectivity index is 1.40. The van der Waals surface area contributed by atoms with Crippen molar-refractivity contribution in [1.29, 1.82) is 5.26 Å². The molecule has 0 unspecified atom stereocenters. The van der Waals surface area contributed by atoms with Crippen LogP contribution in [-0.2, 0) is 9.47 Å². The van der Waals surface area contributed by atoms with Crippen LogP contribution in [0.4, 0.5) is 17.5 Å². The van der Waals surface area contributed by atoms with Crippen LogP contribution in [0, 0.1) is 21.4 Å². The first-order valence-corrected chi connectivity index (χ1v) is 12.0. The number of nitro groups is 1. The first-order valence-electron chi connectivity index (χ1n) is 12.0. The molecule has 2 aromatic heterocycles. The standard InChI is InChI=1S/C25H26N8O5/c26-15-18-1-3-19(4-2-18)23-21(24(34)38-14-11-32-9-12-37-13-10-32)17-30-25(31-23)28-8-7-27-22-6-5-20(16-29-22)33(35)36/h1-6,16-17H,7-14H2,(H,27,29)(H,28,30,31). The summed E-state index contributed by atoms with van der Waals surface area (Å²) in [5, 5.41) is 26.0. The summed E-state index contributed by atoms with van der Waals surface area (Å²) in [6.45, 7) is 4.62. The largest absolute Gasteiger partial charge is 0.461 e. The number of hydrogen-bond donors (Lipinski definition) is 2. The van der Waals surface area contributed by atoms with Gasteiger partial charge >= 0.3 is 5.97 Å². The van der Waals surface area contributed by atoms with Gasteiger partial charge in [0.05, 0.1) is 35.5 Å². The fourth-order valence-corrected chi connectivity index (χ4v) is 3.67. The molecule has 1 saturated heterocycles. The van der Waals surface area contributed by atoms with Crippen molar-refractivity contribution in [2.24, 2.45) is 0 Å². The molecule has 0 bridgehead atoms. The lowest BCUT2D eigenvalue weighted by Gasteiger charge is -2.26. The van der Waals surface area contributed by atoms with E-state index < -0.39 is 10.9 Å². The summed E-state index contributed by atoms with van der Waals surface area (Å²) in [6.07, 6.45) is 2.60. The van der Waals surface area contributed by atoms with Gasteiger partial charge in [0.25, 0.3) is 5.69 Å². The molecule has 3 heterocycles. The van der Waals surface area contributed by atoms with Gasteiger partial charge in [0.15, 0.2) is 0 Å². The maximum atomic E-state index is 12.9. The molecule has 4 rings (SSSR count). The minimum atomic E-state index is -0.532. The molecule has 38 heavy (non-hydrogen) atoms. The van der Waals surface area contributed by atoms with Crippen molar-refractivity contribution in [1.82, 2.24) is 19.9 Å². The third-order valence-corrected chi connectivity index (χ3v) is 5.71. The number of hydrogen-bond acceptors (Lipinski definition) is 12. The lowest BCUT2D eigenvalue weighted by molar-refractivity contribution is -0.385. The van der Waals surface area contributed by atoms with Crippen LogP contribution < -0.4 is 10.6 Å². The number of benzene rings is 1. The average molecular weight is 519 g/mol. The minimum absolute atomic E-state index is 0.0860. The first-order chi connectivity index (χ1) is 18.5. The quantitative estimate of drug-likeness (QED) is 0.165. The van der Waals surface area contributed by atoms with E-state index in [9.17, 15) is 14.9 Å². The van der Waals surface area contributed by atoms with Crippen molar-refractivity contribution in [3.63, 3.8) is 0 Å². The Bertz CT molecular complexity index is 1290. The van der Waals surface area contributed by atoms with E-state index in [1.807, 2.05) is 0 Å². The molecule has 196 valence electrons. The lowest BCUT2D eigenvalue weighted by Crippen LogP contribution is -2.38. The highest BCUT2D eigenvalue weighted by molar-refractivity contribution is 5.96. The third kappa shape index (κ3) is 7.19. The third-order valence-electron chi connectivity index (χ3n) is 5.71. The van der Waals surface area contributed by atoms with Crippen molar-refractivity contribution in [3.8, 4) is 17.3 Å². The molecule has 0 radical (unpaired) electrons. The van der Waals surface area contributed by atoms with Gasteiger partial charge in [-0.2, -0.15) is 5.26 Å². The Morgan fingerprint density at radius 3 is 2.55 bits per heavy atom. The second-order valence-corrected chi connectivity index (χ2v) is 8.25. The van der Waals surface area contributed by atoms with Crippen molar-refractivity contribution in [3.05, 3.63) is 70.0 Å². The van der Waals surface area contributed by atoms with E-state index in [0.29, 0.717) is 61.4 Å². The number of aromatic nitrogens is 3. The van der Waals surface area contributed by atoms with E-state index in [1.54, 1.807) is 24.3 Å². The number of rotatable bonds is 11. The number of carbonyl (C=O) groups is 1. The van der Waals surface area contributed by atoms with Crippen LogP contribution in [0.25, 0.3) is 11.3 Å². The number of esters is 1. The fourth-order valence-electron chi connectivity index (χ4n) is 3.67. The zero-order valence-corrected chi connectivity index (χ0v) is 20.5. The molecular weight excluding hydrogens is 492 g/mol. The van der Waals surface area contributed by atoms with Crippen molar-refractivity contribution in [2.45, 2.75) is 0 Å². The Morgan fingerprint density at radius 2 is 1.87 bits per heavy atom. The number of carbonyl (C=O) groups excluding carboxylic acids is 1. The highest BCUT2D eigenvalue weighted by Gasteiger charge is 2.19. The normalized spacial score (nSPS) is 13.3. The van der Waals surface area contributed by atoms with E-state index in [2.05, 4.69) is 36.6 Å². The summed E-state index contributed by atoms with van der Waals surface area (Å²) < 4.78 is 10.9. The molecule has 2 N–H and O–H groups in total. The Labute approximate surface area is 218 Å². The molecule has 3 aromatic rings. The predicted molar refractivity (Wildman–Crippen MR) is 138 cm³/mol. The smallest absolute Gasteiger partial charge is 0.341 e. The van der Waals surface area contributed by atoms with Crippen LogP contribution in [-0.4, -0.2) is 83.3 Å². The second kappa shape index (κ2) is 13.0. The second-order valence-electron chi connectivity index (χ2n) is 8.25. The molecule has 1 aliphatic heterocycles. The van der Waals surface area contributed by atoms with Crippen LogP contribution in [0.5, 0.6) is 0 Å². The molecule has 0 aliphatic carbocycles. The molecule has 13 heteroatoms. The number of morpholine rings is 1. The van der Waals surface area contributed by atoms with Gasteiger partial charge < -0.3 is 20.1 Å². The van der Waals surface area contributed by atoms with Crippen LogP contribution in [0.2, 0.25) is 0 Å². The van der Waals surface area contributed by atoms with Crippen LogP contribution in [0.15, 0.2) is 48.8 Å². The van der Waals surface area contributed by atoms with Gasteiger partial charge in [0.1, 0.15) is 24.2 Å². The monoisotopic (exact) mass is 518 g/mol. The summed E-state index contributed by atoms with van der Waals surface area (Å²) in [6, 6.07) is 11.7. The molecule has 1 fully saturated rings. The zero-order valence-electron chi connectivity index (χ0n) is 20.5. The number of ether oxygens (including phenoxy) is 2. The molecule has 0 spiro atoms. The first kappa shape index (κ1) is 26.4. The minimum Gasteiger partial charge on any atom is -0.461 e. The van der Waals surface area contributed by atoms with E-state index in [1.165, 1.54) is 24.5 Å². The number of nitriles is 1. The molecule has 1 aromatic carbocycles. The summed E-state index contributed by atoms with van der Waals surface area (Å²) in [4.78, 5) is 38.1. The molecule has 0 atom stereocenters. The SMILES string of the molecule is N#Cc1ccc(-c2nc(NCCNc3ccc([N+](=O)[O-])cn3)ncc2C(=O)OCCN2CCOCC2)cc1. The van der Waals surface area contributed by atoms with Crippen molar-refractivity contribution >= 4 is 23.4 Å². The molecule has 1 aliphatic rings. The topological polar surface area (TPSA) is 168 Å². The number of anilines is 2. The summed E-state index contributed by atoms with van der Waals surface area (Å²) in [7, 11) is 0. The van der Waals surface area contributed by atoms with Gasteiger partial charge in [-0.05, 0) is 18.2 Å². The van der Waals surface area contributed by atoms with Crippen LogP contribution in [0.3, 0.4) is 0 Å². The van der Waals surface area contributed by atoms with E-state index in [0.717, 1.165) is 13.1 Å². The molecule has 0 amide bonds. The van der Waals surface area contributed by atoms with Gasteiger partial charge in [0, 0.05) is 50.6 Å². The summed E-state index contributed by atoms with van der Waals surface area (Å²) in [5.74, 6) is 0.259. The van der Waals surface area contributed by atoms with Crippen molar-refractivity contribution < 1.29 is 19.2 Å². The van der Waals surface area contributed by atoms with E-state index in [4.69, 9.17) is 14.7 Å².